The quantitative estimate of drug-likeness (QED) is 0.0274. The maximum absolute atomic E-state index is 12.7. The van der Waals surface area contributed by atoms with Crippen LogP contribution in [0.3, 0.4) is 0 Å². The molecule has 7 nitrogen and oxygen atoms in total. The molecule has 2 atom stereocenters. The SMILES string of the molecule is CCCCCCCCCCCCCCCCC/C=C/[C@@H](O)[C@H](COP(=O)(O)O)NC(=O)CCCCCCCCCCCCCCCCCCCCCCCCCCCCCCCCCC. The molecule has 0 aromatic carbocycles. The van der Waals surface area contributed by atoms with E-state index in [0.29, 0.717) is 6.42 Å². The number of carbonyl (C=O) groups excluding carboxylic acids is 1. The summed E-state index contributed by atoms with van der Waals surface area (Å²) in [4.78, 5) is 31.1. The number of rotatable bonds is 55. The van der Waals surface area contributed by atoms with E-state index in [1.807, 2.05) is 6.08 Å². The normalized spacial score (nSPS) is 13.0. The standard InChI is InChI=1S/C57H114NO6P/c1-3-5-7-9-11-13-15-17-19-21-22-23-24-25-26-27-28-29-30-31-32-33-34-35-37-39-41-43-45-47-49-51-53-57(60)58-55(54-64-65(61,62)63)56(59)52-50-48-46-44-42-40-38-36-20-18-16-14-12-10-8-6-4-2/h50,52,55-56,59H,3-49,51,53-54H2,1-2H3,(H,58,60)(H2,61,62,63)/b52-50+/t55-,56+/m0/s1. The summed E-state index contributed by atoms with van der Waals surface area (Å²) < 4.78 is 16.0. The lowest BCUT2D eigenvalue weighted by Gasteiger charge is -2.22. The van der Waals surface area contributed by atoms with Gasteiger partial charge in [0.25, 0.3) is 0 Å². The van der Waals surface area contributed by atoms with Crippen molar-refractivity contribution in [1.82, 2.24) is 5.32 Å². The van der Waals surface area contributed by atoms with Crippen LogP contribution in [0, 0.1) is 0 Å². The summed E-state index contributed by atoms with van der Waals surface area (Å²) in [5.74, 6) is -0.218. The van der Waals surface area contributed by atoms with E-state index in [0.717, 1.165) is 38.5 Å². The van der Waals surface area contributed by atoms with Gasteiger partial charge in [0, 0.05) is 6.42 Å². The number of unbranched alkanes of at least 4 members (excludes halogenated alkanes) is 46. The zero-order chi connectivity index (χ0) is 47.4. The Hall–Kier alpha value is -0.720. The summed E-state index contributed by atoms with van der Waals surface area (Å²) >= 11 is 0. The van der Waals surface area contributed by atoms with Gasteiger partial charge in [-0.25, -0.2) is 4.57 Å². The Kier molecular flexibility index (Phi) is 52.1. The van der Waals surface area contributed by atoms with Gasteiger partial charge in [-0.15, -0.1) is 0 Å². The molecular formula is C57H114NO6P. The molecule has 0 radical (unpaired) electrons. The molecule has 0 aromatic rings. The van der Waals surface area contributed by atoms with E-state index >= 15 is 0 Å². The van der Waals surface area contributed by atoms with Crippen molar-refractivity contribution in [2.45, 2.75) is 341 Å². The molecule has 0 saturated heterocycles. The van der Waals surface area contributed by atoms with Crippen molar-refractivity contribution in [1.29, 1.82) is 0 Å². The topological polar surface area (TPSA) is 116 Å². The predicted octanol–water partition coefficient (Wildman–Crippen LogP) is 18.7. The molecule has 4 N–H and O–H groups in total. The lowest BCUT2D eigenvalue weighted by atomic mass is 10.0. The number of allylic oxidation sites excluding steroid dienone is 1. The summed E-state index contributed by atoms with van der Waals surface area (Å²) in [7, 11) is -4.72. The molecule has 1 amide bonds. The fourth-order valence-electron chi connectivity index (χ4n) is 9.35. The zero-order valence-electron chi connectivity index (χ0n) is 43.7. The third-order valence-corrected chi connectivity index (χ3v) is 14.2. The van der Waals surface area contributed by atoms with Crippen LogP contribution in [-0.4, -0.2) is 39.6 Å². The Balaban J connectivity index is 3.67. The van der Waals surface area contributed by atoms with Crippen molar-refractivity contribution < 1.29 is 28.8 Å². The highest BCUT2D eigenvalue weighted by Gasteiger charge is 2.24. The lowest BCUT2D eigenvalue weighted by molar-refractivity contribution is -0.123. The molecule has 8 heteroatoms. The molecule has 0 aliphatic carbocycles. The summed E-state index contributed by atoms with van der Waals surface area (Å²) in [5, 5.41) is 13.5. The maximum Gasteiger partial charge on any atom is 0.469 e. The third kappa shape index (κ3) is 54.1. The minimum Gasteiger partial charge on any atom is -0.387 e. The molecule has 0 rings (SSSR count). The van der Waals surface area contributed by atoms with E-state index in [2.05, 4.69) is 23.7 Å². The van der Waals surface area contributed by atoms with E-state index < -0.39 is 26.6 Å². The second-order valence-corrected chi connectivity index (χ2v) is 21.6. The molecule has 0 fully saturated rings. The first-order valence-electron chi connectivity index (χ1n) is 29.1. The van der Waals surface area contributed by atoms with Crippen LogP contribution in [0.15, 0.2) is 12.2 Å². The average molecular weight is 941 g/mol. The van der Waals surface area contributed by atoms with Gasteiger partial charge in [0.1, 0.15) is 0 Å². The number of carbonyl (C=O) groups is 1. The molecule has 0 aromatic heterocycles. The average Bonchev–Trinajstić information content (AvgIpc) is 3.28. The molecule has 0 bridgehead atoms. The van der Waals surface area contributed by atoms with Gasteiger partial charge >= 0.3 is 7.82 Å². The minimum absolute atomic E-state index is 0.218. The Bertz CT molecular complexity index is 1020. The lowest BCUT2D eigenvalue weighted by Crippen LogP contribution is -2.45. The number of hydrogen-bond acceptors (Lipinski definition) is 4. The van der Waals surface area contributed by atoms with Crippen LogP contribution in [0.4, 0.5) is 0 Å². The molecule has 0 unspecified atom stereocenters. The third-order valence-electron chi connectivity index (χ3n) is 13.7. The van der Waals surface area contributed by atoms with Gasteiger partial charge in [0.2, 0.25) is 5.91 Å². The first kappa shape index (κ1) is 64.3. The van der Waals surface area contributed by atoms with E-state index in [-0.39, 0.29) is 5.91 Å². The van der Waals surface area contributed by atoms with Gasteiger partial charge in [-0.1, -0.05) is 315 Å². The van der Waals surface area contributed by atoms with Crippen molar-refractivity contribution in [2.24, 2.45) is 0 Å². The Morgan fingerprint density at radius 3 is 0.938 bits per heavy atom. The summed E-state index contributed by atoms with van der Waals surface area (Å²) in [6.07, 6.45) is 67.2. The number of aliphatic hydroxyl groups is 1. The van der Waals surface area contributed by atoms with Gasteiger partial charge in [-0.05, 0) is 19.3 Å². The number of amides is 1. The van der Waals surface area contributed by atoms with E-state index in [9.17, 15) is 24.3 Å². The van der Waals surface area contributed by atoms with Gasteiger partial charge < -0.3 is 20.2 Å². The van der Waals surface area contributed by atoms with Crippen LogP contribution in [-0.2, 0) is 13.9 Å². The van der Waals surface area contributed by atoms with Gasteiger partial charge in [-0.2, -0.15) is 0 Å². The van der Waals surface area contributed by atoms with Crippen LogP contribution in [0.25, 0.3) is 0 Å². The molecule has 0 saturated carbocycles. The molecule has 65 heavy (non-hydrogen) atoms. The number of phosphoric ester groups is 1. The predicted molar refractivity (Wildman–Crippen MR) is 283 cm³/mol. The van der Waals surface area contributed by atoms with Gasteiger partial charge in [-0.3, -0.25) is 9.32 Å². The number of phosphoric acid groups is 1. The van der Waals surface area contributed by atoms with Crippen LogP contribution < -0.4 is 5.32 Å². The monoisotopic (exact) mass is 940 g/mol. The van der Waals surface area contributed by atoms with Crippen LogP contribution in [0.1, 0.15) is 328 Å². The van der Waals surface area contributed by atoms with Crippen LogP contribution >= 0.6 is 7.82 Å². The van der Waals surface area contributed by atoms with Crippen molar-refractivity contribution in [3.8, 4) is 0 Å². The fourth-order valence-corrected chi connectivity index (χ4v) is 9.70. The zero-order valence-corrected chi connectivity index (χ0v) is 44.6. The second-order valence-electron chi connectivity index (χ2n) is 20.3. The molecule has 0 spiro atoms. The Morgan fingerprint density at radius 2 is 0.677 bits per heavy atom. The molecule has 388 valence electrons. The van der Waals surface area contributed by atoms with E-state index in [4.69, 9.17) is 0 Å². The van der Waals surface area contributed by atoms with Crippen molar-refractivity contribution in [2.75, 3.05) is 6.61 Å². The van der Waals surface area contributed by atoms with Gasteiger partial charge in [0.15, 0.2) is 0 Å². The number of hydrogen-bond donors (Lipinski definition) is 4. The molecule has 0 heterocycles. The molecular weight excluding hydrogens is 826 g/mol. The summed E-state index contributed by atoms with van der Waals surface area (Å²) in [6, 6.07) is -0.907. The Labute approximate surface area is 405 Å². The molecule has 0 aliphatic rings. The second kappa shape index (κ2) is 52.6. The Morgan fingerprint density at radius 1 is 0.431 bits per heavy atom. The van der Waals surface area contributed by atoms with E-state index in [1.165, 1.54) is 270 Å². The van der Waals surface area contributed by atoms with Crippen molar-refractivity contribution >= 4 is 13.7 Å². The van der Waals surface area contributed by atoms with Crippen LogP contribution in [0.5, 0.6) is 0 Å². The maximum atomic E-state index is 12.7. The highest BCUT2D eigenvalue weighted by molar-refractivity contribution is 7.46. The number of aliphatic hydroxyl groups excluding tert-OH is 1. The fraction of sp³-hybridized carbons (Fsp3) is 0.947. The minimum atomic E-state index is -4.72. The summed E-state index contributed by atoms with van der Waals surface area (Å²) in [6.45, 7) is 4.12. The highest BCUT2D eigenvalue weighted by Crippen LogP contribution is 2.36. The first-order chi connectivity index (χ1) is 31.8. The largest absolute Gasteiger partial charge is 0.469 e. The van der Waals surface area contributed by atoms with E-state index in [1.54, 1.807) is 6.08 Å². The smallest absolute Gasteiger partial charge is 0.387 e. The summed E-state index contributed by atoms with van der Waals surface area (Å²) in [5.41, 5.74) is 0. The highest BCUT2D eigenvalue weighted by atomic mass is 31.2. The van der Waals surface area contributed by atoms with Crippen molar-refractivity contribution in [3.63, 3.8) is 0 Å². The van der Waals surface area contributed by atoms with Crippen LogP contribution in [0.2, 0.25) is 0 Å². The van der Waals surface area contributed by atoms with Gasteiger partial charge in [0.05, 0.1) is 18.8 Å². The first-order valence-corrected chi connectivity index (χ1v) is 30.7. The van der Waals surface area contributed by atoms with Crippen molar-refractivity contribution in [3.05, 3.63) is 12.2 Å². The number of nitrogens with one attached hydrogen (secondary N) is 1. The molecule has 0 aliphatic heterocycles.